The topological polar surface area (TPSA) is 86.3 Å². The van der Waals surface area contributed by atoms with Crippen LogP contribution in [0, 0.1) is 0 Å². The van der Waals surface area contributed by atoms with Crippen LogP contribution in [0.2, 0.25) is 0 Å². The van der Waals surface area contributed by atoms with Crippen LogP contribution in [0.1, 0.15) is 28.3 Å². The molecule has 0 spiro atoms. The third-order valence-electron chi connectivity index (χ3n) is 7.16. The Kier molecular flexibility index (Phi) is 11.0. The van der Waals surface area contributed by atoms with Gasteiger partial charge in [0.05, 0.1) is 34.9 Å². The maximum atomic E-state index is 14.1. The highest BCUT2D eigenvalue weighted by Gasteiger charge is 2.31. The molecule has 0 saturated heterocycles. The summed E-state index contributed by atoms with van der Waals surface area (Å²) < 4.78 is 21.6. The fourth-order valence-corrected chi connectivity index (χ4v) is 4.94. The monoisotopic (exact) mass is 582 g/mol. The summed E-state index contributed by atoms with van der Waals surface area (Å²) in [4.78, 5) is 29.7. The number of nitrogens with zero attached hydrogens (tertiary/aromatic N) is 1. The molecule has 1 N–H and O–H groups in total. The molecule has 0 aliphatic heterocycles. The number of carbonyl (C=O) groups excluding carboxylic acids is 2. The van der Waals surface area contributed by atoms with Crippen LogP contribution in [0.25, 0.3) is 0 Å². The molecule has 0 heterocycles. The second kappa shape index (κ2) is 15.3. The molecule has 1 atom stereocenters. The lowest BCUT2D eigenvalue weighted by molar-refractivity contribution is -0.141. The van der Waals surface area contributed by atoms with Crippen LogP contribution in [-0.4, -0.2) is 51.7 Å². The summed E-state index contributed by atoms with van der Waals surface area (Å²) in [6.07, 6.45) is 0.654. The van der Waals surface area contributed by atoms with Crippen molar-refractivity contribution in [3.8, 4) is 23.0 Å². The first-order valence-electron chi connectivity index (χ1n) is 14.0. The van der Waals surface area contributed by atoms with Crippen molar-refractivity contribution in [2.45, 2.75) is 25.4 Å². The standard InChI is InChI=1S/C35H38N2O6/c1-40-29-17-15-25(21-31(29)42-3)19-20-36-35(39)34(28-13-9-6-10-14-28)37(24-26-11-7-5-8-12-26)33(38)23-27-16-18-30(41-2)32(22-27)43-4/h5-18,21-22,34H,19-20,23-24H2,1-4H3,(H,36,39)/t34-/m1/s1. The normalized spacial score (nSPS) is 11.3. The molecule has 0 bridgehead atoms. The average Bonchev–Trinajstić information content (AvgIpc) is 3.05. The molecule has 0 aromatic heterocycles. The number of nitrogens with one attached hydrogen (secondary N) is 1. The zero-order chi connectivity index (χ0) is 30.6. The van der Waals surface area contributed by atoms with E-state index in [1.54, 1.807) is 45.5 Å². The van der Waals surface area contributed by atoms with Crippen molar-refractivity contribution in [2.75, 3.05) is 35.0 Å². The Morgan fingerprint density at radius 2 is 1.19 bits per heavy atom. The molecule has 4 rings (SSSR count). The minimum atomic E-state index is -0.848. The predicted octanol–water partition coefficient (Wildman–Crippen LogP) is 5.39. The molecule has 2 amide bonds. The van der Waals surface area contributed by atoms with Gasteiger partial charge in [0.1, 0.15) is 6.04 Å². The molecule has 8 nitrogen and oxygen atoms in total. The Bertz CT molecular complexity index is 1490. The predicted molar refractivity (Wildman–Crippen MR) is 166 cm³/mol. The van der Waals surface area contributed by atoms with Crippen molar-refractivity contribution in [1.82, 2.24) is 10.2 Å². The van der Waals surface area contributed by atoms with Crippen LogP contribution in [0.3, 0.4) is 0 Å². The van der Waals surface area contributed by atoms with Crippen molar-refractivity contribution in [2.24, 2.45) is 0 Å². The van der Waals surface area contributed by atoms with Gasteiger partial charge in [0.15, 0.2) is 23.0 Å². The molecule has 0 aliphatic carbocycles. The average molecular weight is 583 g/mol. The lowest BCUT2D eigenvalue weighted by atomic mass is 10.0. The first-order valence-corrected chi connectivity index (χ1v) is 14.0. The van der Waals surface area contributed by atoms with Gasteiger partial charge in [0, 0.05) is 13.1 Å². The van der Waals surface area contributed by atoms with E-state index in [1.165, 1.54) is 0 Å². The van der Waals surface area contributed by atoms with Gasteiger partial charge in [-0.25, -0.2) is 0 Å². The van der Waals surface area contributed by atoms with Crippen LogP contribution in [0.5, 0.6) is 23.0 Å². The van der Waals surface area contributed by atoms with E-state index < -0.39 is 6.04 Å². The number of hydrogen-bond donors (Lipinski definition) is 1. The molecule has 43 heavy (non-hydrogen) atoms. The molecule has 0 fully saturated rings. The van der Waals surface area contributed by atoms with Gasteiger partial charge in [0.2, 0.25) is 11.8 Å². The van der Waals surface area contributed by atoms with Gasteiger partial charge < -0.3 is 29.2 Å². The Morgan fingerprint density at radius 3 is 1.77 bits per heavy atom. The number of rotatable bonds is 14. The minimum absolute atomic E-state index is 0.0788. The Balaban J connectivity index is 1.61. The smallest absolute Gasteiger partial charge is 0.247 e. The lowest BCUT2D eigenvalue weighted by Gasteiger charge is -2.32. The third kappa shape index (κ3) is 8.07. The van der Waals surface area contributed by atoms with Gasteiger partial charge in [-0.05, 0) is 52.9 Å². The summed E-state index contributed by atoms with van der Waals surface area (Å²) in [5, 5.41) is 3.07. The van der Waals surface area contributed by atoms with Crippen molar-refractivity contribution in [3.63, 3.8) is 0 Å². The van der Waals surface area contributed by atoms with Crippen LogP contribution in [-0.2, 0) is 29.0 Å². The summed E-state index contributed by atoms with van der Waals surface area (Å²) in [6, 6.07) is 29.3. The Hall–Kier alpha value is -4.98. The molecular weight excluding hydrogens is 544 g/mol. The van der Waals surface area contributed by atoms with Crippen LogP contribution in [0.15, 0.2) is 97.1 Å². The zero-order valence-corrected chi connectivity index (χ0v) is 25.0. The Morgan fingerprint density at radius 1 is 0.651 bits per heavy atom. The maximum Gasteiger partial charge on any atom is 0.247 e. The van der Waals surface area contributed by atoms with Crippen molar-refractivity contribution >= 4 is 11.8 Å². The van der Waals surface area contributed by atoms with Gasteiger partial charge in [-0.3, -0.25) is 9.59 Å². The summed E-state index contributed by atoms with van der Waals surface area (Å²) in [5.41, 5.74) is 3.38. The van der Waals surface area contributed by atoms with Crippen LogP contribution < -0.4 is 24.3 Å². The quantitative estimate of drug-likeness (QED) is 0.215. The molecule has 8 heteroatoms. The highest BCUT2D eigenvalue weighted by atomic mass is 16.5. The summed E-state index contributed by atoms with van der Waals surface area (Å²) in [5.74, 6) is 1.93. The van der Waals surface area contributed by atoms with E-state index in [9.17, 15) is 9.59 Å². The lowest BCUT2D eigenvalue weighted by Crippen LogP contribution is -2.44. The van der Waals surface area contributed by atoms with E-state index in [2.05, 4.69) is 5.32 Å². The largest absolute Gasteiger partial charge is 0.493 e. The number of amides is 2. The fourth-order valence-electron chi connectivity index (χ4n) is 4.94. The number of carbonyl (C=O) groups is 2. The van der Waals surface area contributed by atoms with E-state index >= 15 is 0 Å². The van der Waals surface area contributed by atoms with Crippen LogP contribution in [0.4, 0.5) is 0 Å². The van der Waals surface area contributed by atoms with Gasteiger partial charge in [-0.2, -0.15) is 0 Å². The number of methoxy groups -OCH3 is 4. The molecule has 4 aromatic carbocycles. The fraction of sp³-hybridized carbons (Fsp3) is 0.257. The van der Waals surface area contributed by atoms with E-state index in [4.69, 9.17) is 18.9 Å². The first kappa shape index (κ1) is 31.0. The highest BCUT2D eigenvalue weighted by molar-refractivity contribution is 5.89. The molecule has 0 unspecified atom stereocenters. The molecular formula is C35H38N2O6. The van der Waals surface area contributed by atoms with E-state index in [0.29, 0.717) is 36.0 Å². The van der Waals surface area contributed by atoms with Crippen molar-refractivity contribution in [1.29, 1.82) is 0 Å². The molecule has 0 aliphatic rings. The summed E-state index contributed by atoms with van der Waals surface area (Å²) >= 11 is 0. The number of benzene rings is 4. The third-order valence-corrected chi connectivity index (χ3v) is 7.16. The van der Waals surface area contributed by atoms with Crippen molar-refractivity contribution < 1.29 is 28.5 Å². The van der Waals surface area contributed by atoms with Gasteiger partial charge >= 0.3 is 0 Å². The summed E-state index contributed by atoms with van der Waals surface area (Å²) in [6.45, 7) is 0.635. The first-order chi connectivity index (χ1) is 21.0. The van der Waals surface area contributed by atoms with E-state index in [-0.39, 0.29) is 24.8 Å². The van der Waals surface area contributed by atoms with Crippen LogP contribution >= 0.6 is 0 Å². The second-order valence-electron chi connectivity index (χ2n) is 9.92. The van der Waals surface area contributed by atoms with E-state index in [0.717, 1.165) is 22.3 Å². The van der Waals surface area contributed by atoms with Gasteiger partial charge in [-0.15, -0.1) is 0 Å². The minimum Gasteiger partial charge on any atom is -0.493 e. The number of hydrogen-bond acceptors (Lipinski definition) is 6. The zero-order valence-electron chi connectivity index (χ0n) is 25.0. The SMILES string of the molecule is COc1ccc(CCNC(=O)[C@@H](c2ccccc2)N(Cc2ccccc2)C(=O)Cc2ccc(OC)c(OC)c2)cc1OC. The number of ether oxygens (including phenoxy) is 4. The maximum absolute atomic E-state index is 14.1. The molecule has 4 aromatic rings. The van der Waals surface area contributed by atoms with E-state index in [1.807, 2.05) is 84.9 Å². The van der Waals surface area contributed by atoms with Crippen molar-refractivity contribution in [3.05, 3.63) is 119 Å². The molecule has 0 radical (unpaired) electrons. The Labute approximate surface area is 253 Å². The van der Waals surface area contributed by atoms with Gasteiger partial charge in [-0.1, -0.05) is 72.8 Å². The highest BCUT2D eigenvalue weighted by Crippen LogP contribution is 2.30. The second-order valence-corrected chi connectivity index (χ2v) is 9.92. The van der Waals surface area contributed by atoms with Gasteiger partial charge in [0.25, 0.3) is 0 Å². The molecule has 224 valence electrons. The molecule has 0 saturated carbocycles. The summed E-state index contributed by atoms with van der Waals surface area (Å²) in [7, 11) is 6.31.